The van der Waals surface area contributed by atoms with Gasteiger partial charge in [-0.25, -0.2) is 8.42 Å². The summed E-state index contributed by atoms with van der Waals surface area (Å²) in [5.41, 5.74) is 9.93. The van der Waals surface area contributed by atoms with Crippen LogP contribution in [0.1, 0.15) is 22.3 Å². The zero-order chi connectivity index (χ0) is 17.1. The SMILES string of the molecule is CS(=O)(=O)c1cc(C(=O)N=C(N)N)ccc1CCC(F)(F)F.Cl. The van der Waals surface area contributed by atoms with Gasteiger partial charge in [-0.2, -0.15) is 18.2 Å². The van der Waals surface area contributed by atoms with E-state index in [1.54, 1.807) is 0 Å². The lowest BCUT2D eigenvalue weighted by molar-refractivity contribution is -0.134. The predicted octanol–water partition coefficient (Wildman–Crippen LogP) is 1.42. The van der Waals surface area contributed by atoms with E-state index in [4.69, 9.17) is 11.5 Å². The van der Waals surface area contributed by atoms with Crippen LogP contribution in [-0.2, 0) is 16.3 Å². The molecule has 130 valence electrons. The van der Waals surface area contributed by atoms with Crippen LogP contribution in [0.25, 0.3) is 0 Å². The predicted molar refractivity (Wildman–Crippen MR) is 81.3 cm³/mol. The third kappa shape index (κ3) is 6.87. The number of amides is 1. The smallest absolute Gasteiger partial charge is 0.370 e. The van der Waals surface area contributed by atoms with Crippen LogP contribution in [0.4, 0.5) is 13.2 Å². The van der Waals surface area contributed by atoms with Crippen molar-refractivity contribution in [3.05, 3.63) is 29.3 Å². The van der Waals surface area contributed by atoms with Gasteiger partial charge in [0.1, 0.15) is 0 Å². The van der Waals surface area contributed by atoms with Crippen molar-refractivity contribution >= 4 is 34.1 Å². The fourth-order valence-electron chi connectivity index (χ4n) is 1.70. The van der Waals surface area contributed by atoms with Gasteiger partial charge in [-0.1, -0.05) is 6.07 Å². The second-order valence-electron chi connectivity index (χ2n) is 4.55. The molecule has 0 heterocycles. The number of sulfone groups is 1. The number of rotatable bonds is 4. The Morgan fingerprint density at radius 2 is 1.83 bits per heavy atom. The second-order valence-corrected chi connectivity index (χ2v) is 6.54. The van der Waals surface area contributed by atoms with Crippen molar-refractivity contribution in [2.24, 2.45) is 16.5 Å². The molecule has 0 aliphatic heterocycles. The van der Waals surface area contributed by atoms with E-state index < -0.39 is 40.7 Å². The van der Waals surface area contributed by atoms with Gasteiger partial charge < -0.3 is 11.5 Å². The minimum atomic E-state index is -4.42. The normalized spacial score (nSPS) is 11.5. The van der Waals surface area contributed by atoms with Crippen LogP contribution in [-0.4, -0.2) is 32.7 Å². The van der Waals surface area contributed by atoms with E-state index in [1.165, 1.54) is 6.07 Å². The molecule has 0 fully saturated rings. The van der Waals surface area contributed by atoms with Crippen molar-refractivity contribution in [3.63, 3.8) is 0 Å². The second kappa shape index (κ2) is 7.64. The maximum absolute atomic E-state index is 12.3. The highest BCUT2D eigenvalue weighted by atomic mass is 35.5. The Morgan fingerprint density at radius 3 is 2.26 bits per heavy atom. The summed E-state index contributed by atoms with van der Waals surface area (Å²) >= 11 is 0. The fourth-order valence-corrected chi connectivity index (χ4v) is 2.68. The lowest BCUT2D eigenvalue weighted by atomic mass is 10.1. The number of benzene rings is 1. The quantitative estimate of drug-likeness (QED) is 0.611. The Bertz CT molecular complexity index is 714. The molecule has 0 aliphatic rings. The molecule has 0 atom stereocenters. The minimum Gasteiger partial charge on any atom is -0.370 e. The van der Waals surface area contributed by atoms with Crippen molar-refractivity contribution in [2.45, 2.75) is 23.9 Å². The highest BCUT2D eigenvalue weighted by molar-refractivity contribution is 7.90. The van der Waals surface area contributed by atoms with Crippen molar-refractivity contribution in [1.82, 2.24) is 0 Å². The number of aliphatic imine (C=N–C) groups is 1. The standard InChI is InChI=1S/C12H14F3N3O3S.ClH/c1-22(20,21)9-6-8(10(19)18-11(16)17)3-2-7(9)4-5-12(13,14)15;/h2-3,6H,4-5H2,1H3,(H4,16,17,18,19);1H. The molecular formula is C12H15ClF3N3O3S. The molecule has 1 amide bonds. The number of carbonyl (C=O) groups excluding carboxylic acids is 1. The largest absolute Gasteiger partial charge is 0.389 e. The van der Waals surface area contributed by atoms with Gasteiger partial charge in [0.15, 0.2) is 15.8 Å². The third-order valence-corrected chi connectivity index (χ3v) is 3.80. The van der Waals surface area contributed by atoms with Gasteiger partial charge >= 0.3 is 6.18 Å². The summed E-state index contributed by atoms with van der Waals surface area (Å²) in [5.74, 6) is -1.39. The first kappa shape index (κ1) is 21.2. The summed E-state index contributed by atoms with van der Waals surface area (Å²) in [6.45, 7) is 0. The van der Waals surface area contributed by atoms with Crippen LogP contribution in [0.3, 0.4) is 0 Å². The molecule has 1 rings (SSSR count). The molecule has 6 nitrogen and oxygen atoms in total. The number of nitrogens with two attached hydrogens (primary N) is 2. The number of hydrogen-bond acceptors (Lipinski definition) is 3. The molecule has 0 spiro atoms. The van der Waals surface area contributed by atoms with E-state index in [9.17, 15) is 26.4 Å². The fraction of sp³-hybridized carbons (Fsp3) is 0.333. The van der Waals surface area contributed by atoms with E-state index in [-0.39, 0.29) is 28.4 Å². The molecule has 0 aromatic heterocycles. The molecule has 1 aromatic carbocycles. The van der Waals surface area contributed by atoms with E-state index in [2.05, 4.69) is 4.99 Å². The molecule has 0 aliphatic carbocycles. The van der Waals surface area contributed by atoms with Gasteiger partial charge in [0.25, 0.3) is 5.91 Å². The summed E-state index contributed by atoms with van der Waals surface area (Å²) in [6, 6.07) is 3.29. The zero-order valence-corrected chi connectivity index (χ0v) is 13.6. The van der Waals surface area contributed by atoms with Crippen LogP contribution >= 0.6 is 12.4 Å². The van der Waals surface area contributed by atoms with E-state index in [0.29, 0.717) is 0 Å². The summed E-state index contributed by atoms with van der Waals surface area (Å²) in [6.07, 6.45) is -5.25. The van der Waals surface area contributed by atoms with Gasteiger partial charge in [-0.15, -0.1) is 12.4 Å². The molecule has 0 saturated carbocycles. The van der Waals surface area contributed by atoms with Crippen molar-refractivity contribution in [1.29, 1.82) is 0 Å². The van der Waals surface area contributed by atoms with Gasteiger partial charge in [-0.05, 0) is 24.1 Å². The molecule has 1 aromatic rings. The van der Waals surface area contributed by atoms with E-state index in [0.717, 1.165) is 18.4 Å². The molecule has 0 radical (unpaired) electrons. The molecule has 4 N–H and O–H groups in total. The molecule has 0 saturated heterocycles. The summed E-state index contributed by atoms with van der Waals surface area (Å²) in [5, 5.41) is 0. The summed E-state index contributed by atoms with van der Waals surface area (Å²) in [7, 11) is -3.82. The highest BCUT2D eigenvalue weighted by Crippen LogP contribution is 2.26. The molecule has 11 heteroatoms. The number of hydrogen-bond donors (Lipinski definition) is 2. The summed E-state index contributed by atoms with van der Waals surface area (Å²) < 4.78 is 60.2. The van der Waals surface area contributed by atoms with Crippen LogP contribution < -0.4 is 11.5 Å². The Labute approximate surface area is 137 Å². The Balaban J connectivity index is 0.00000484. The lowest BCUT2D eigenvalue weighted by Gasteiger charge is -2.11. The monoisotopic (exact) mass is 373 g/mol. The molecule has 23 heavy (non-hydrogen) atoms. The van der Waals surface area contributed by atoms with Gasteiger partial charge in [0, 0.05) is 18.2 Å². The van der Waals surface area contributed by atoms with E-state index in [1.807, 2.05) is 0 Å². The number of carbonyl (C=O) groups is 1. The first-order chi connectivity index (χ1) is 9.90. The number of guanidine groups is 1. The molecular weight excluding hydrogens is 359 g/mol. The Hall–Kier alpha value is -1.81. The lowest BCUT2D eigenvalue weighted by Crippen LogP contribution is -2.24. The highest BCUT2D eigenvalue weighted by Gasteiger charge is 2.28. The van der Waals surface area contributed by atoms with Crippen LogP contribution in [0.15, 0.2) is 28.1 Å². The maximum atomic E-state index is 12.3. The average molecular weight is 374 g/mol. The van der Waals surface area contributed by atoms with Gasteiger partial charge in [0.2, 0.25) is 0 Å². The van der Waals surface area contributed by atoms with Gasteiger partial charge in [0.05, 0.1) is 4.90 Å². The number of alkyl halides is 3. The number of halogens is 4. The molecule has 0 unspecified atom stereocenters. The van der Waals surface area contributed by atoms with Crippen molar-refractivity contribution in [2.75, 3.05) is 6.26 Å². The number of aryl methyl sites for hydroxylation is 1. The average Bonchev–Trinajstić information content (AvgIpc) is 2.33. The third-order valence-electron chi connectivity index (χ3n) is 2.62. The van der Waals surface area contributed by atoms with Crippen LogP contribution in [0.5, 0.6) is 0 Å². The first-order valence-electron chi connectivity index (χ1n) is 5.94. The first-order valence-corrected chi connectivity index (χ1v) is 7.83. The van der Waals surface area contributed by atoms with Crippen molar-refractivity contribution in [3.8, 4) is 0 Å². The van der Waals surface area contributed by atoms with Gasteiger partial charge in [-0.3, -0.25) is 4.79 Å². The topological polar surface area (TPSA) is 116 Å². The maximum Gasteiger partial charge on any atom is 0.389 e. The number of nitrogens with zero attached hydrogens (tertiary/aromatic N) is 1. The Kier molecular flexibility index (Phi) is 7.04. The minimum absolute atomic E-state index is 0. The zero-order valence-electron chi connectivity index (χ0n) is 11.9. The van der Waals surface area contributed by atoms with Crippen LogP contribution in [0.2, 0.25) is 0 Å². The Morgan fingerprint density at radius 1 is 1.26 bits per heavy atom. The molecule has 0 bridgehead atoms. The summed E-state index contributed by atoms with van der Waals surface area (Å²) in [4.78, 5) is 14.5. The van der Waals surface area contributed by atoms with E-state index >= 15 is 0 Å². The van der Waals surface area contributed by atoms with Crippen LogP contribution in [0, 0.1) is 0 Å². The van der Waals surface area contributed by atoms with Crippen molar-refractivity contribution < 1.29 is 26.4 Å².